The van der Waals surface area contributed by atoms with Crippen molar-refractivity contribution < 1.29 is 18.7 Å². The molecule has 0 aliphatic carbocycles. The Labute approximate surface area is 199 Å². The number of amides is 2. The first-order chi connectivity index (χ1) is 16.4. The number of carbonyl (C=O) groups excluding carboxylic acids is 2. The lowest BCUT2D eigenvalue weighted by Gasteiger charge is -2.33. The molecule has 7 nitrogen and oxygen atoms in total. The van der Waals surface area contributed by atoms with Gasteiger partial charge in [0, 0.05) is 16.1 Å². The molecule has 2 amide bonds. The fourth-order valence-corrected chi connectivity index (χ4v) is 4.10. The first-order valence-electron chi connectivity index (χ1n) is 10.6. The van der Waals surface area contributed by atoms with Crippen LogP contribution in [-0.2, 0) is 11.3 Å². The molecule has 1 N–H and O–H groups in total. The molecule has 0 radical (unpaired) electrons. The molecular weight excluding hydrogens is 456 g/mol. The second kappa shape index (κ2) is 8.68. The lowest BCUT2D eigenvalue weighted by atomic mass is 10.1. The maximum Gasteiger partial charge on any atom is 0.349 e. The molecule has 170 valence electrons. The van der Waals surface area contributed by atoms with Crippen LogP contribution in [0.15, 0.2) is 82.0 Å². The van der Waals surface area contributed by atoms with Crippen molar-refractivity contribution in [3.05, 3.63) is 99.4 Å². The van der Waals surface area contributed by atoms with Crippen molar-refractivity contribution in [3.8, 4) is 5.75 Å². The summed E-state index contributed by atoms with van der Waals surface area (Å²) in [5.74, 6) is -0.319. The maximum absolute atomic E-state index is 12.9. The molecule has 1 aliphatic rings. The van der Waals surface area contributed by atoms with Gasteiger partial charge in [-0.1, -0.05) is 41.9 Å². The molecule has 2 heterocycles. The van der Waals surface area contributed by atoms with E-state index in [1.165, 1.54) is 6.07 Å². The molecular formula is C26H19ClN2O5. The summed E-state index contributed by atoms with van der Waals surface area (Å²) < 4.78 is 11.0. The largest absolute Gasteiger partial charge is 0.479 e. The standard InChI is InChI=1S/C26H19ClN2O5/c1-15-25(31)29(14-16-5-4-7-18(27)11-16)21-13-19(9-10-23(21)33-15)28-24(30)20-12-17-6-2-3-8-22(17)34-26(20)32/h2-13,15H,14H2,1H3,(H,28,30). The third-order valence-corrected chi connectivity index (χ3v) is 5.78. The number of carbonyl (C=O) groups is 2. The summed E-state index contributed by atoms with van der Waals surface area (Å²) in [5, 5.41) is 3.93. The third-order valence-electron chi connectivity index (χ3n) is 5.54. The van der Waals surface area contributed by atoms with E-state index in [1.54, 1.807) is 66.4 Å². The van der Waals surface area contributed by atoms with Crippen LogP contribution in [0.25, 0.3) is 11.0 Å². The van der Waals surface area contributed by atoms with Crippen molar-refractivity contribution >= 4 is 45.8 Å². The Morgan fingerprint density at radius 2 is 1.85 bits per heavy atom. The molecule has 4 aromatic rings. The molecule has 1 aromatic heterocycles. The van der Waals surface area contributed by atoms with Crippen LogP contribution >= 0.6 is 11.6 Å². The van der Waals surface area contributed by atoms with Crippen LogP contribution in [0.2, 0.25) is 5.02 Å². The second-order valence-electron chi connectivity index (χ2n) is 7.94. The number of benzene rings is 3. The van der Waals surface area contributed by atoms with E-state index in [-0.39, 0.29) is 18.0 Å². The van der Waals surface area contributed by atoms with Gasteiger partial charge in [0.1, 0.15) is 16.9 Å². The Hall–Kier alpha value is -4.10. The quantitative estimate of drug-likeness (QED) is 0.420. The van der Waals surface area contributed by atoms with E-state index in [4.69, 9.17) is 20.8 Å². The van der Waals surface area contributed by atoms with Gasteiger partial charge in [0.2, 0.25) is 0 Å². The van der Waals surface area contributed by atoms with Crippen molar-refractivity contribution in [1.82, 2.24) is 0 Å². The lowest BCUT2D eigenvalue weighted by Crippen LogP contribution is -2.44. The second-order valence-corrected chi connectivity index (χ2v) is 8.37. The van der Waals surface area contributed by atoms with Gasteiger partial charge in [0.25, 0.3) is 11.8 Å². The fourth-order valence-electron chi connectivity index (χ4n) is 3.88. The molecule has 0 spiro atoms. The van der Waals surface area contributed by atoms with E-state index >= 15 is 0 Å². The Kier molecular flexibility index (Phi) is 5.55. The predicted octanol–water partition coefficient (Wildman–Crippen LogP) is 5.01. The van der Waals surface area contributed by atoms with Gasteiger partial charge in [-0.05, 0) is 55.0 Å². The zero-order valence-electron chi connectivity index (χ0n) is 18.1. The summed E-state index contributed by atoms with van der Waals surface area (Å²) in [4.78, 5) is 39.7. The van der Waals surface area contributed by atoms with Gasteiger partial charge >= 0.3 is 5.63 Å². The van der Waals surface area contributed by atoms with Gasteiger partial charge in [0.05, 0.1) is 12.2 Å². The van der Waals surface area contributed by atoms with Gasteiger partial charge < -0.3 is 19.4 Å². The van der Waals surface area contributed by atoms with Crippen molar-refractivity contribution in [2.45, 2.75) is 19.6 Å². The van der Waals surface area contributed by atoms with Crippen molar-refractivity contribution in [2.24, 2.45) is 0 Å². The van der Waals surface area contributed by atoms with Crippen LogP contribution in [0.1, 0.15) is 22.8 Å². The number of para-hydroxylation sites is 1. The highest BCUT2D eigenvalue weighted by Gasteiger charge is 2.32. The highest BCUT2D eigenvalue weighted by molar-refractivity contribution is 6.30. The highest BCUT2D eigenvalue weighted by atomic mass is 35.5. The molecule has 1 unspecified atom stereocenters. The highest BCUT2D eigenvalue weighted by Crippen LogP contribution is 2.37. The minimum absolute atomic E-state index is 0.117. The van der Waals surface area contributed by atoms with E-state index < -0.39 is 17.6 Å². The SMILES string of the molecule is CC1Oc2ccc(NC(=O)c3cc4ccccc4oc3=O)cc2N(Cc2cccc(Cl)c2)C1=O. The zero-order chi connectivity index (χ0) is 23.8. The van der Waals surface area contributed by atoms with Crippen molar-refractivity contribution in [2.75, 3.05) is 10.2 Å². The summed E-state index contributed by atoms with van der Waals surface area (Å²) in [6.45, 7) is 1.97. The average molecular weight is 475 g/mol. The van der Waals surface area contributed by atoms with Crippen LogP contribution < -0.4 is 20.6 Å². The molecule has 3 aromatic carbocycles. The van der Waals surface area contributed by atoms with Crippen LogP contribution in [0.3, 0.4) is 0 Å². The number of hydrogen-bond donors (Lipinski definition) is 1. The molecule has 1 atom stereocenters. The van der Waals surface area contributed by atoms with Gasteiger partial charge in [0.15, 0.2) is 6.10 Å². The third kappa shape index (κ3) is 4.13. The van der Waals surface area contributed by atoms with Gasteiger partial charge in [-0.2, -0.15) is 0 Å². The van der Waals surface area contributed by atoms with E-state index in [2.05, 4.69) is 5.32 Å². The topological polar surface area (TPSA) is 88.8 Å². The molecule has 8 heteroatoms. The van der Waals surface area contributed by atoms with Crippen LogP contribution in [0.5, 0.6) is 5.75 Å². The fraction of sp³-hybridized carbons (Fsp3) is 0.115. The number of hydrogen-bond acceptors (Lipinski definition) is 5. The van der Waals surface area contributed by atoms with E-state index in [0.717, 1.165) is 5.56 Å². The number of halogens is 1. The molecule has 34 heavy (non-hydrogen) atoms. The number of ether oxygens (including phenoxy) is 1. The Morgan fingerprint density at radius 3 is 2.68 bits per heavy atom. The van der Waals surface area contributed by atoms with Gasteiger partial charge in [-0.15, -0.1) is 0 Å². The van der Waals surface area contributed by atoms with Crippen LogP contribution in [0.4, 0.5) is 11.4 Å². The Balaban J connectivity index is 1.46. The monoisotopic (exact) mass is 474 g/mol. The number of fused-ring (bicyclic) bond motifs is 2. The lowest BCUT2D eigenvalue weighted by molar-refractivity contribution is -0.125. The molecule has 0 saturated carbocycles. The first-order valence-corrected chi connectivity index (χ1v) is 11.0. The number of anilines is 2. The van der Waals surface area contributed by atoms with Crippen LogP contribution in [0, 0.1) is 0 Å². The number of nitrogens with one attached hydrogen (secondary N) is 1. The average Bonchev–Trinajstić information content (AvgIpc) is 2.82. The van der Waals surface area contributed by atoms with E-state index in [0.29, 0.717) is 33.1 Å². The normalized spacial score (nSPS) is 15.1. The summed E-state index contributed by atoms with van der Waals surface area (Å²) >= 11 is 6.11. The summed E-state index contributed by atoms with van der Waals surface area (Å²) in [6.07, 6.45) is -0.658. The minimum atomic E-state index is -0.732. The molecule has 0 saturated heterocycles. The molecule has 1 aliphatic heterocycles. The maximum atomic E-state index is 12.9. The molecule has 5 rings (SSSR count). The Morgan fingerprint density at radius 1 is 1.03 bits per heavy atom. The smallest absolute Gasteiger partial charge is 0.349 e. The summed E-state index contributed by atoms with van der Waals surface area (Å²) in [5.41, 5.74) is 1.31. The minimum Gasteiger partial charge on any atom is -0.479 e. The zero-order valence-corrected chi connectivity index (χ0v) is 18.8. The van der Waals surface area contributed by atoms with Gasteiger partial charge in [-0.3, -0.25) is 9.59 Å². The van der Waals surface area contributed by atoms with Crippen LogP contribution in [-0.4, -0.2) is 17.9 Å². The van der Waals surface area contributed by atoms with Crippen molar-refractivity contribution in [1.29, 1.82) is 0 Å². The van der Waals surface area contributed by atoms with Gasteiger partial charge in [-0.25, -0.2) is 4.79 Å². The first kappa shape index (κ1) is 21.7. The molecule has 0 bridgehead atoms. The van der Waals surface area contributed by atoms with E-state index in [1.807, 2.05) is 12.1 Å². The summed E-state index contributed by atoms with van der Waals surface area (Å²) in [6, 6.07) is 20.7. The molecule has 0 fully saturated rings. The summed E-state index contributed by atoms with van der Waals surface area (Å²) in [7, 11) is 0. The number of rotatable bonds is 4. The number of nitrogens with zero attached hydrogens (tertiary/aromatic N) is 1. The van der Waals surface area contributed by atoms with E-state index in [9.17, 15) is 14.4 Å². The predicted molar refractivity (Wildman–Crippen MR) is 130 cm³/mol. The van der Waals surface area contributed by atoms with Crippen molar-refractivity contribution in [3.63, 3.8) is 0 Å². The Bertz CT molecular complexity index is 1500.